The Morgan fingerprint density at radius 3 is 2.24 bits per heavy atom. The number of nitrogens with zero attached hydrogens (tertiary/aromatic N) is 2. The van der Waals surface area contributed by atoms with E-state index in [1.165, 1.54) is 0 Å². The summed E-state index contributed by atoms with van der Waals surface area (Å²) in [6.45, 7) is 5.56. The minimum Gasteiger partial charge on any atom is -0.462 e. The van der Waals surface area contributed by atoms with Crippen LogP contribution in [0.3, 0.4) is 0 Å². The van der Waals surface area contributed by atoms with Crippen molar-refractivity contribution in [3.63, 3.8) is 0 Å². The van der Waals surface area contributed by atoms with Crippen LogP contribution >= 0.6 is 0 Å². The molecule has 4 bridgehead atoms. The van der Waals surface area contributed by atoms with Gasteiger partial charge in [0.1, 0.15) is 0 Å². The summed E-state index contributed by atoms with van der Waals surface area (Å²) in [5.74, 6) is 0.0480. The molecule has 4 nitrogen and oxygen atoms in total. The van der Waals surface area contributed by atoms with Crippen molar-refractivity contribution in [2.75, 3.05) is 6.61 Å². The number of esters is 1. The van der Waals surface area contributed by atoms with Crippen molar-refractivity contribution in [3.8, 4) is 12.1 Å². The Morgan fingerprint density at radius 2 is 1.76 bits per heavy atom. The number of nitriles is 2. The molecule has 2 atom stereocenters. The van der Waals surface area contributed by atoms with Gasteiger partial charge < -0.3 is 4.74 Å². The molecule has 4 heteroatoms. The minimum absolute atomic E-state index is 0.185. The second-order valence-electron chi connectivity index (χ2n) is 7.65. The lowest BCUT2D eigenvalue weighted by Crippen LogP contribution is -2.57. The van der Waals surface area contributed by atoms with Crippen molar-refractivity contribution < 1.29 is 9.53 Å². The Kier molecular flexibility index (Phi) is 2.92. The summed E-state index contributed by atoms with van der Waals surface area (Å²) in [5, 5.41) is 19.3. The van der Waals surface area contributed by atoms with Crippen LogP contribution in [0, 0.1) is 44.8 Å². The second-order valence-corrected chi connectivity index (χ2v) is 7.65. The molecule has 21 heavy (non-hydrogen) atoms. The highest BCUT2D eigenvalue weighted by molar-refractivity contribution is 5.86. The highest BCUT2D eigenvalue weighted by Crippen LogP contribution is 2.69. The molecule has 0 aliphatic heterocycles. The Balaban J connectivity index is 1.86. The zero-order chi connectivity index (χ0) is 15.3. The molecule has 0 saturated heterocycles. The van der Waals surface area contributed by atoms with Gasteiger partial charge in [0.25, 0.3) is 0 Å². The van der Waals surface area contributed by atoms with Gasteiger partial charge >= 0.3 is 5.97 Å². The maximum Gasteiger partial charge on any atom is 0.333 e. The number of rotatable bonds is 3. The van der Waals surface area contributed by atoms with Crippen molar-refractivity contribution >= 4 is 5.97 Å². The molecule has 4 saturated carbocycles. The van der Waals surface area contributed by atoms with Crippen molar-refractivity contribution in [2.24, 2.45) is 22.2 Å². The van der Waals surface area contributed by atoms with E-state index in [0.717, 1.165) is 32.1 Å². The van der Waals surface area contributed by atoms with Crippen LogP contribution in [0.4, 0.5) is 0 Å². The number of ether oxygens (including phenoxy) is 1. The first kappa shape index (κ1) is 14.1. The minimum atomic E-state index is -0.384. The molecular formula is C17H20N2O2. The SMILES string of the molecule is C=C(C)C(=O)OCC12CC3CC(C#N)(CC(C#N)(C3)C1)C2. The van der Waals surface area contributed by atoms with Gasteiger partial charge in [-0.1, -0.05) is 6.58 Å². The first-order valence-corrected chi connectivity index (χ1v) is 7.51. The van der Waals surface area contributed by atoms with Gasteiger partial charge in [0.2, 0.25) is 0 Å². The van der Waals surface area contributed by atoms with Gasteiger partial charge in [-0.3, -0.25) is 0 Å². The van der Waals surface area contributed by atoms with Crippen LogP contribution < -0.4 is 0 Å². The van der Waals surface area contributed by atoms with Crippen molar-refractivity contribution in [2.45, 2.75) is 45.4 Å². The predicted octanol–water partition coefficient (Wildman–Crippen LogP) is 3.11. The third kappa shape index (κ3) is 2.14. The normalized spacial score (nSPS) is 42.9. The number of hydrogen-bond donors (Lipinski definition) is 0. The predicted molar refractivity (Wildman–Crippen MR) is 75.5 cm³/mol. The summed E-state index contributed by atoms with van der Waals surface area (Å²) in [7, 11) is 0. The largest absolute Gasteiger partial charge is 0.462 e. The maximum atomic E-state index is 11.7. The molecule has 0 amide bonds. The number of carbonyl (C=O) groups excluding carboxylic acids is 1. The average Bonchev–Trinajstić information content (AvgIpc) is 2.43. The Labute approximate surface area is 125 Å². The van der Waals surface area contributed by atoms with E-state index in [9.17, 15) is 15.3 Å². The van der Waals surface area contributed by atoms with E-state index >= 15 is 0 Å². The van der Waals surface area contributed by atoms with E-state index in [2.05, 4.69) is 18.7 Å². The summed E-state index contributed by atoms with van der Waals surface area (Å²) in [6, 6.07) is 4.99. The Hall–Kier alpha value is -1.81. The van der Waals surface area contributed by atoms with Crippen LogP contribution in [0.15, 0.2) is 12.2 Å². The maximum absolute atomic E-state index is 11.7. The fourth-order valence-corrected chi connectivity index (χ4v) is 5.39. The van der Waals surface area contributed by atoms with Crippen LogP contribution in [0.25, 0.3) is 0 Å². The summed E-state index contributed by atoms with van der Waals surface area (Å²) in [6.07, 6.45) is 5.01. The summed E-state index contributed by atoms with van der Waals surface area (Å²) >= 11 is 0. The molecule has 110 valence electrons. The Bertz CT molecular complexity index is 565. The van der Waals surface area contributed by atoms with Crippen molar-refractivity contribution in [3.05, 3.63) is 12.2 Å². The highest BCUT2D eigenvalue weighted by atomic mass is 16.5. The molecule has 0 aromatic carbocycles. The molecule has 0 aromatic rings. The summed E-state index contributed by atoms with van der Waals surface area (Å²) < 4.78 is 5.41. The monoisotopic (exact) mass is 284 g/mol. The van der Waals surface area contributed by atoms with E-state index in [-0.39, 0.29) is 22.2 Å². The molecule has 4 aliphatic rings. The fraction of sp³-hybridized carbons (Fsp3) is 0.706. The lowest BCUT2D eigenvalue weighted by atomic mass is 9.40. The van der Waals surface area contributed by atoms with Crippen molar-refractivity contribution in [1.82, 2.24) is 0 Å². The first-order chi connectivity index (χ1) is 9.86. The van der Waals surface area contributed by atoms with E-state index in [1.807, 2.05) is 0 Å². The average molecular weight is 284 g/mol. The zero-order valence-electron chi connectivity index (χ0n) is 12.4. The topological polar surface area (TPSA) is 73.9 Å². The van der Waals surface area contributed by atoms with Gasteiger partial charge in [0, 0.05) is 11.0 Å². The molecule has 0 radical (unpaired) electrons. The molecule has 0 spiro atoms. The first-order valence-electron chi connectivity index (χ1n) is 7.51. The van der Waals surface area contributed by atoms with Crippen LogP contribution in [0.2, 0.25) is 0 Å². The lowest BCUT2D eigenvalue weighted by molar-refractivity contribution is -0.162. The van der Waals surface area contributed by atoms with Gasteiger partial charge in [0.05, 0.1) is 29.6 Å². The van der Waals surface area contributed by atoms with Gasteiger partial charge in [-0.05, 0) is 51.4 Å². The smallest absolute Gasteiger partial charge is 0.333 e. The second kappa shape index (κ2) is 4.34. The zero-order valence-corrected chi connectivity index (χ0v) is 12.4. The van der Waals surface area contributed by atoms with E-state index in [4.69, 9.17) is 4.74 Å². The highest BCUT2D eigenvalue weighted by Gasteiger charge is 2.64. The fourth-order valence-electron chi connectivity index (χ4n) is 5.39. The van der Waals surface area contributed by atoms with Gasteiger partial charge in [-0.2, -0.15) is 10.5 Å². The molecule has 4 aliphatic carbocycles. The van der Waals surface area contributed by atoms with Gasteiger partial charge in [0.15, 0.2) is 0 Å². The van der Waals surface area contributed by atoms with E-state index < -0.39 is 0 Å². The molecule has 0 aromatic heterocycles. The van der Waals surface area contributed by atoms with Gasteiger partial charge in [-0.25, -0.2) is 4.79 Å². The van der Waals surface area contributed by atoms with Crippen LogP contribution in [0.5, 0.6) is 0 Å². The molecule has 0 heterocycles. The van der Waals surface area contributed by atoms with Crippen LogP contribution in [0.1, 0.15) is 45.4 Å². The molecule has 0 N–H and O–H groups in total. The lowest BCUT2D eigenvalue weighted by Gasteiger charge is -2.62. The van der Waals surface area contributed by atoms with Gasteiger partial charge in [-0.15, -0.1) is 0 Å². The van der Waals surface area contributed by atoms with Crippen LogP contribution in [-0.4, -0.2) is 12.6 Å². The quantitative estimate of drug-likeness (QED) is 0.589. The summed E-state index contributed by atoms with van der Waals surface area (Å²) in [4.78, 5) is 11.7. The molecule has 2 unspecified atom stereocenters. The number of carbonyl (C=O) groups is 1. The standard InChI is InChI=1S/C17H20N2O2/c1-12(2)14(20)21-11-17-5-13-3-15(7-17,9-18)6-16(4-13,8-17)10-19/h13H,1,3-8,11H2,2H3. The third-order valence-electron chi connectivity index (χ3n) is 5.52. The molecular weight excluding hydrogens is 264 g/mol. The van der Waals surface area contributed by atoms with Crippen LogP contribution in [-0.2, 0) is 9.53 Å². The third-order valence-corrected chi connectivity index (χ3v) is 5.52. The van der Waals surface area contributed by atoms with E-state index in [0.29, 0.717) is 24.5 Å². The van der Waals surface area contributed by atoms with E-state index in [1.54, 1.807) is 6.92 Å². The molecule has 4 rings (SSSR count). The molecule has 4 fully saturated rings. The summed E-state index contributed by atoms with van der Waals surface area (Å²) in [5.41, 5.74) is -0.560. The number of hydrogen-bond acceptors (Lipinski definition) is 4. The Morgan fingerprint density at radius 1 is 1.19 bits per heavy atom. The van der Waals surface area contributed by atoms with Crippen molar-refractivity contribution in [1.29, 1.82) is 10.5 Å².